The standard InChI is InChI=1S/C9H18N2O4/c1-5(10)9(11,6(12)13)7(14)15-8(2,3)4/h5H,10-11H2,1-4H3,(H,12,13). The molecule has 0 aliphatic carbocycles. The van der Waals surface area contributed by atoms with Crippen LogP contribution in [0, 0.1) is 0 Å². The molecule has 0 spiro atoms. The van der Waals surface area contributed by atoms with Crippen molar-refractivity contribution in [3.8, 4) is 0 Å². The number of aliphatic carboxylic acids is 1. The van der Waals surface area contributed by atoms with Crippen molar-refractivity contribution in [1.82, 2.24) is 0 Å². The van der Waals surface area contributed by atoms with Gasteiger partial charge in [0.15, 0.2) is 0 Å². The van der Waals surface area contributed by atoms with Crippen LogP contribution >= 0.6 is 0 Å². The minimum atomic E-state index is -2.20. The van der Waals surface area contributed by atoms with E-state index in [4.69, 9.17) is 21.3 Å². The normalized spacial score (nSPS) is 17.7. The molecule has 88 valence electrons. The number of carboxylic acid groups (broad SMARTS) is 1. The SMILES string of the molecule is CC(N)C(N)(C(=O)O)C(=O)OC(C)(C)C. The molecule has 5 N–H and O–H groups in total. The van der Waals surface area contributed by atoms with E-state index in [1.807, 2.05) is 0 Å². The van der Waals surface area contributed by atoms with Crippen molar-refractivity contribution in [2.45, 2.75) is 44.9 Å². The van der Waals surface area contributed by atoms with Gasteiger partial charge in [0.05, 0.1) is 0 Å². The van der Waals surface area contributed by atoms with E-state index < -0.39 is 29.1 Å². The Morgan fingerprint density at radius 3 is 1.93 bits per heavy atom. The summed E-state index contributed by atoms with van der Waals surface area (Å²) in [5, 5.41) is 8.86. The zero-order valence-electron chi connectivity index (χ0n) is 9.40. The molecule has 0 heterocycles. The summed E-state index contributed by atoms with van der Waals surface area (Å²) in [4.78, 5) is 22.4. The van der Waals surface area contributed by atoms with Gasteiger partial charge in [-0.2, -0.15) is 0 Å². The molecule has 0 saturated carbocycles. The van der Waals surface area contributed by atoms with Crippen molar-refractivity contribution < 1.29 is 19.4 Å². The highest BCUT2D eigenvalue weighted by Crippen LogP contribution is 2.15. The summed E-state index contributed by atoms with van der Waals surface area (Å²) in [6.07, 6.45) is 0. The van der Waals surface area contributed by atoms with Gasteiger partial charge in [-0.25, -0.2) is 9.59 Å². The molecule has 0 rings (SSSR count). The van der Waals surface area contributed by atoms with E-state index in [9.17, 15) is 9.59 Å². The highest BCUT2D eigenvalue weighted by Gasteiger charge is 2.48. The Hall–Kier alpha value is -1.14. The van der Waals surface area contributed by atoms with Gasteiger partial charge in [-0.1, -0.05) is 0 Å². The fourth-order valence-corrected chi connectivity index (χ4v) is 0.831. The van der Waals surface area contributed by atoms with Gasteiger partial charge in [0.25, 0.3) is 0 Å². The third-order valence-electron chi connectivity index (χ3n) is 1.81. The molecule has 0 radical (unpaired) electrons. The van der Waals surface area contributed by atoms with Crippen LogP contribution in [-0.2, 0) is 14.3 Å². The number of hydrogen-bond acceptors (Lipinski definition) is 5. The van der Waals surface area contributed by atoms with E-state index in [1.165, 1.54) is 6.92 Å². The van der Waals surface area contributed by atoms with Crippen LogP contribution < -0.4 is 11.5 Å². The van der Waals surface area contributed by atoms with E-state index >= 15 is 0 Å². The van der Waals surface area contributed by atoms with E-state index in [0.29, 0.717) is 0 Å². The molecule has 0 fully saturated rings. The quantitative estimate of drug-likeness (QED) is 0.432. The Bertz CT molecular complexity index is 270. The second-order valence-corrected chi connectivity index (χ2v) is 4.46. The van der Waals surface area contributed by atoms with Gasteiger partial charge in [-0.3, -0.25) is 0 Å². The zero-order valence-corrected chi connectivity index (χ0v) is 9.40. The van der Waals surface area contributed by atoms with E-state index in [-0.39, 0.29) is 0 Å². The first-order valence-corrected chi connectivity index (χ1v) is 4.53. The second kappa shape index (κ2) is 4.16. The average molecular weight is 218 g/mol. The van der Waals surface area contributed by atoms with Crippen LogP contribution in [0.15, 0.2) is 0 Å². The van der Waals surface area contributed by atoms with Crippen LogP contribution in [0.4, 0.5) is 0 Å². The molecule has 0 amide bonds. The summed E-state index contributed by atoms with van der Waals surface area (Å²) < 4.78 is 4.90. The average Bonchev–Trinajstić information content (AvgIpc) is 1.98. The molecular formula is C9H18N2O4. The molecule has 2 atom stereocenters. The molecule has 0 saturated heterocycles. The molecule has 6 heteroatoms. The summed E-state index contributed by atoms with van der Waals surface area (Å²) >= 11 is 0. The maximum Gasteiger partial charge on any atom is 0.340 e. The summed E-state index contributed by atoms with van der Waals surface area (Å²) in [5.74, 6) is -2.52. The first-order valence-electron chi connectivity index (χ1n) is 4.53. The number of nitrogens with two attached hydrogens (primary N) is 2. The molecule has 0 aliphatic heterocycles. The predicted molar refractivity (Wildman–Crippen MR) is 54.0 cm³/mol. The molecule has 0 aromatic carbocycles. The molecule has 0 aromatic rings. The molecule has 2 unspecified atom stereocenters. The van der Waals surface area contributed by atoms with Crippen LogP contribution in [0.1, 0.15) is 27.7 Å². The predicted octanol–water partition coefficient (Wildman–Crippen LogP) is -0.543. The summed E-state index contributed by atoms with van der Waals surface area (Å²) in [5.41, 5.74) is 7.82. The van der Waals surface area contributed by atoms with Crippen molar-refractivity contribution >= 4 is 11.9 Å². The van der Waals surface area contributed by atoms with Crippen LogP contribution in [0.25, 0.3) is 0 Å². The van der Waals surface area contributed by atoms with Crippen LogP contribution in [0.3, 0.4) is 0 Å². The number of esters is 1. The van der Waals surface area contributed by atoms with Crippen LogP contribution in [0.2, 0.25) is 0 Å². The Balaban J connectivity index is 4.97. The Morgan fingerprint density at radius 2 is 1.73 bits per heavy atom. The number of hydrogen-bond donors (Lipinski definition) is 3. The van der Waals surface area contributed by atoms with E-state index in [1.54, 1.807) is 20.8 Å². The van der Waals surface area contributed by atoms with Gasteiger partial charge in [-0.15, -0.1) is 0 Å². The summed E-state index contributed by atoms with van der Waals surface area (Å²) in [6.45, 7) is 6.20. The third-order valence-corrected chi connectivity index (χ3v) is 1.81. The molecule has 0 aliphatic rings. The highest BCUT2D eigenvalue weighted by atomic mass is 16.6. The number of rotatable bonds is 3. The van der Waals surface area contributed by atoms with E-state index in [0.717, 1.165) is 0 Å². The van der Waals surface area contributed by atoms with Gasteiger partial charge in [-0.05, 0) is 27.7 Å². The number of carbonyl (C=O) groups is 2. The van der Waals surface area contributed by atoms with Crippen LogP contribution in [-0.4, -0.2) is 34.2 Å². The maximum atomic E-state index is 11.6. The maximum absolute atomic E-state index is 11.6. The van der Waals surface area contributed by atoms with Gasteiger partial charge in [0.1, 0.15) is 5.60 Å². The largest absolute Gasteiger partial charge is 0.479 e. The van der Waals surface area contributed by atoms with Gasteiger partial charge in [0.2, 0.25) is 5.54 Å². The topological polar surface area (TPSA) is 116 Å². The molecule has 15 heavy (non-hydrogen) atoms. The second-order valence-electron chi connectivity index (χ2n) is 4.46. The lowest BCUT2D eigenvalue weighted by Gasteiger charge is -2.30. The summed E-state index contributed by atoms with van der Waals surface area (Å²) in [7, 11) is 0. The Labute approximate surface area is 88.6 Å². The lowest BCUT2D eigenvalue weighted by Crippen LogP contribution is -2.66. The summed E-state index contributed by atoms with van der Waals surface area (Å²) in [6, 6.07) is -1.04. The number of carboxylic acids is 1. The van der Waals surface area contributed by atoms with Crippen molar-refractivity contribution in [2.24, 2.45) is 11.5 Å². The molecule has 0 aromatic heterocycles. The lowest BCUT2D eigenvalue weighted by molar-refractivity contribution is -0.169. The molecule has 0 bridgehead atoms. The molecular weight excluding hydrogens is 200 g/mol. The fourth-order valence-electron chi connectivity index (χ4n) is 0.831. The minimum Gasteiger partial charge on any atom is -0.479 e. The highest BCUT2D eigenvalue weighted by molar-refractivity contribution is 6.04. The number of carbonyl (C=O) groups excluding carboxylic acids is 1. The Morgan fingerprint density at radius 1 is 1.33 bits per heavy atom. The van der Waals surface area contributed by atoms with Gasteiger partial charge in [0, 0.05) is 6.04 Å². The molecule has 6 nitrogen and oxygen atoms in total. The smallest absolute Gasteiger partial charge is 0.340 e. The lowest BCUT2D eigenvalue weighted by atomic mass is 9.93. The van der Waals surface area contributed by atoms with Crippen molar-refractivity contribution in [2.75, 3.05) is 0 Å². The minimum absolute atomic E-state index is 0.800. The first-order chi connectivity index (χ1) is 6.51. The van der Waals surface area contributed by atoms with Crippen LogP contribution in [0.5, 0.6) is 0 Å². The number of ether oxygens (including phenoxy) is 1. The van der Waals surface area contributed by atoms with E-state index in [2.05, 4.69) is 0 Å². The Kier molecular flexibility index (Phi) is 3.84. The zero-order chi connectivity index (χ0) is 12.4. The fraction of sp³-hybridized carbons (Fsp3) is 0.778. The van der Waals surface area contributed by atoms with Crippen molar-refractivity contribution in [3.63, 3.8) is 0 Å². The van der Waals surface area contributed by atoms with Gasteiger partial charge >= 0.3 is 11.9 Å². The third kappa shape index (κ3) is 3.17. The van der Waals surface area contributed by atoms with Crippen molar-refractivity contribution in [3.05, 3.63) is 0 Å². The van der Waals surface area contributed by atoms with Gasteiger partial charge < -0.3 is 21.3 Å². The monoisotopic (exact) mass is 218 g/mol. The van der Waals surface area contributed by atoms with Crippen molar-refractivity contribution in [1.29, 1.82) is 0 Å². The first kappa shape index (κ1) is 13.9.